The van der Waals surface area contributed by atoms with E-state index in [1.807, 2.05) is 20.0 Å². The molecule has 5 nitrogen and oxygen atoms in total. The molecule has 0 aromatic carbocycles. The summed E-state index contributed by atoms with van der Waals surface area (Å²) >= 11 is 1.30. The molecular formula is C12H20N2O3S2. The Hall–Kier alpha value is -0.470. The van der Waals surface area contributed by atoms with Gasteiger partial charge in [0.05, 0.1) is 6.61 Å². The molecule has 0 aliphatic carbocycles. The van der Waals surface area contributed by atoms with E-state index in [2.05, 4.69) is 10.0 Å². The van der Waals surface area contributed by atoms with Gasteiger partial charge in [0.1, 0.15) is 4.21 Å². The maximum absolute atomic E-state index is 12.3. The zero-order valence-corrected chi connectivity index (χ0v) is 12.8. The molecule has 1 aromatic heterocycles. The van der Waals surface area contributed by atoms with Gasteiger partial charge in [-0.3, -0.25) is 0 Å². The van der Waals surface area contributed by atoms with Crippen molar-refractivity contribution in [2.45, 2.75) is 30.1 Å². The van der Waals surface area contributed by atoms with Crippen LogP contribution in [0.1, 0.15) is 18.2 Å². The molecule has 2 heterocycles. The quantitative estimate of drug-likeness (QED) is 0.828. The van der Waals surface area contributed by atoms with E-state index in [-0.39, 0.29) is 12.0 Å². The van der Waals surface area contributed by atoms with Crippen LogP contribution in [0.2, 0.25) is 0 Å². The second kappa shape index (κ2) is 6.32. The summed E-state index contributed by atoms with van der Waals surface area (Å²) in [6.45, 7) is 3.95. The summed E-state index contributed by atoms with van der Waals surface area (Å²) in [5.74, 6) is 0.270. The number of rotatable bonds is 6. The molecule has 7 heteroatoms. The molecule has 0 amide bonds. The van der Waals surface area contributed by atoms with Crippen molar-refractivity contribution in [3.05, 3.63) is 17.0 Å². The van der Waals surface area contributed by atoms with Gasteiger partial charge in [-0.15, -0.1) is 11.3 Å². The van der Waals surface area contributed by atoms with Gasteiger partial charge in [-0.05, 0) is 32.5 Å². The van der Waals surface area contributed by atoms with Crippen molar-refractivity contribution in [3.8, 4) is 0 Å². The van der Waals surface area contributed by atoms with Gasteiger partial charge < -0.3 is 10.1 Å². The Morgan fingerprint density at radius 1 is 1.53 bits per heavy atom. The van der Waals surface area contributed by atoms with Crippen LogP contribution in [-0.4, -0.2) is 34.7 Å². The highest BCUT2D eigenvalue weighted by molar-refractivity contribution is 7.91. The van der Waals surface area contributed by atoms with Crippen molar-refractivity contribution in [1.82, 2.24) is 10.0 Å². The lowest BCUT2D eigenvalue weighted by atomic mass is 10.0. The first-order valence-electron chi connectivity index (χ1n) is 6.36. The van der Waals surface area contributed by atoms with E-state index in [0.717, 1.165) is 17.9 Å². The first kappa shape index (κ1) is 14.9. The highest BCUT2D eigenvalue weighted by Gasteiger charge is 2.27. The predicted octanol–water partition coefficient (Wildman–Crippen LogP) is 1.17. The van der Waals surface area contributed by atoms with Crippen LogP contribution in [0.5, 0.6) is 0 Å². The summed E-state index contributed by atoms with van der Waals surface area (Å²) in [6.07, 6.45) is 0.916. The molecule has 1 saturated heterocycles. The van der Waals surface area contributed by atoms with Crippen molar-refractivity contribution in [2.24, 2.45) is 5.92 Å². The van der Waals surface area contributed by atoms with Gasteiger partial charge in [-0.25, -0.2) is 13.1 Å². The number of thiophene rings is 1. The molecule has 0 radical (unpaired) electrons. The lowest BCUT2D eigenvalue weighted by Gasteiger charge is -2.18. The van der Waals surface area contributed by atoms with Crippen molar-refractivity contribution < 1.29 is 13.2 Å². The average molecular weight is 304 g/mol. The SMILES string of the molecule is CNCc1ccc(S(=O)(=O)NC(C)C2CCOC2)s1. The van der Waals surface area contributed by atoms with Crippen LogP contribution >= 0.6 is 11.3 Å². The number of hydrogen-bond acceptors (Lipinski definition) is 5. The van der Waals surface area contributed by atoms with E-state index in [0.29, 0.717) is 17.4 Å². The molecule has 2 atom stereocenters. The maximum Gasteiger partial charge on any atom is 0.250 e. The number of nitrogens with one attached hydrogen (secondary N) is 2. The van der Waals surface area contributed by atoms with Crippen LogP contribution in [0.15, 0.2) is 16.3 Å². The fourth-order valence-electron chi connectivity index (χ4n) is 2.12. The Morgan fingerprint density at radius 3 is 2.95 bits per heavy atom. The predicted molar refractivity (Wildman–Crippen MR) is 75.8 cm³/mol. The number of hydrogen-bond donors (Lipinski definition) is 2. The molecule has 0 spiro atoms. The van der Waals surface area contributed by atoms with Crippen molar-refractivity contribution >= 4 is 21.4 Å². The van der Waals surface area contributed by atoms with E-state index in [9.17, 15) is 8.42 Å². The first-order valence-corrected chi connectivity index (χ1v) is 8.66. The molecule has 0 bridgehead atoms. The Kier molecular flexibility index (Phi) is 4.97. The fourth-order valence-corrected chi connectivity index (χ4v) is 4.81. The monoisotopic (exact) mass is 304 g/mol. The third-order valence-electron chi connectivity index (χ3n) is 3.27. The Balaban J connectivity index is 2.03. The first-order chi connectivity index (χ1) is 9.03. The highest BCUT2D eigenvalue weighted by atomic mass is 32.2. The molecule has 108 valence electrons. The summed E-state index contributed by atoms with van der Waals surface area (Å²) in [6, 6.07) is 3.42. The molecule has 2 unspecified atom stereocenters. The second-order valence-electron chi connectivity index (χ2n) is 4.78. The van der Waals surface area contributed by atoms with Crippen LogP contribution in [0, 0.1) is 5.92 Å². The number of ether oxygens (including phenoxy) is 1. The lowest BCUT2D eigenvalue weighted by Crippen LogP contribution is -2.38. The number of sulfonamides is 1. The van der Waals surface area contributed by atoms with E-state index < -0.39 is 10.0 Å². The van der Waals surface area contributed by atoms with Crippen LogP contribution in [0.4, 0.5) is 0 Å². The summed E-state index contributed by atoms with van der Waals surface area (Å²) in [4.78, 5) is 1.01. The summed E-state index contributed by atoms with van der Waals surface area (Å²) < 4.78 is 32.9. The molecule has 1 aromatic rings. The van der Waals surface area contributed by atoms with Crippen LogP contribution in [0.3, 0.4) is 0 Å². The lowest BCUT2D eigenvalue weighted by molar-refractivity contribution is 0.180. The van der Waals surface area contributed by atoms with Gasteiger partial charge in [0.25, 0.3) is 0 Å². The molecule has 2 rings (SSSR count). The smallest absolute Gasteiger partial charge is 0.250 e. The summed E-state index contributed by atoms with van der Waals surface area (Å²) in [5.41, 5.74) is 0. The molecule has 2 N–H and O–H groups in total. The minimum absolute atomic E-state index is 0.0950. The van der Waals surface area contributed by atoms with E-state index in [1.165, 1.54) is 11.3 Å². The Morgan fingerprint density at radius 2 is 2.32 bits per heavy atom. The molecule has 1 fully saturated rings. The molecular weight excluding hydrogens is 284 g/mol. The largest absolute Gasteiger partial charge is 0.381 e. The molecule has 19 heavy (non-hydrogen) atoms. The van der Waals surface area contributed by atoms with Gasteiger partial charge >= 0.3 is 0 Å². The molecule has 0 saturated carbocycles. The van der Waals surface area contributed by atoms with Crippen LogP contribution in [0.25, 0.3) is 0 Å². The summed E-state index contributed by atoms with van der Waals surface area (Å²) in [5, 5.41) is 3.01. The van der Waals surface area contributed by atoms with Crippen molar-refractivity contribution in [2.75, 3.05) is 20.3 Å². The van der Waals surface area contributed by atoms with Gasteiger partial charge in [-0.1, -0.05) is 0 Å². The van der Waals surface area contributed by atoms with Crippen molar-refractivity contribution in [1.29, 1.82) is 0 Å². The third kappa shape index (κ3) is 3.76. The van der Waals surface area contributed by atoms with Crippen LogP contribution in [-0.2, 0) is 21.3 Å². The van der Waals surface area contributed by atoms with Gasteiger partial charge in [0.2, 0.25) is 10.0 Å². The zero-order chi connectivity index (χ0) is 13.9. The maximum atomic E-state index is 12.3. The second-order valence-corrected chi connectivity index (χ2v) is 7.89. The van der Waals surface area contributed by atoms with Crippen LogP contribution < -0.4 is 10.0 Å². The Bertz CT molecular complexity index is 507. The standard InChI is InChI=1S/C12H20N2O3S2/c1-9(10-5-6-17-8-10)14-19(15,16)12-4-3-11(18-12)7-13-2/h3-4,9-10,13-14H,5-8H2,1-2H3. The van der Waals surface area contributed by atoms with E-state index in [4.69, 9.17) is 4.74 Å². The third-order valence-corrected chi connectivity index (χ3v) is 6.40. The topological polar surface area (TPSA) is 67.4 Å². The molecule has 1 aliphatic heterocycles. The normalized spacial score (nSPS) is 21.7. The molecule has 1 aliphatic rings. The van der Waals surface area contributed by atoms with Gasteiger partial charge in [0.15, 0.2) is 0 Å². The minimum Gasteiger partial charge on any atom is -0.381 e. The van der Waals surface area contributed by atoms with Crippen molar-refractivity contribution in [3.63, 3.8) is 0 Å². The minimum atomic E-state index is -3.41. The van der Waals surface area contributed by atoms with E-state index >= 15 is 0 Å². The summed E-state index contributed by atoms with van der Waals surface area (Å²) in [7, 11) is -1.57. The average Bonchev–Trinajstić information content (AvgIpc) is 2.99. The fraction of sp³-hybridized carbons (Fsp3) is 0.667. The highest BCUT2D eigenvalue weighted by Crippen LogP contribution is 2.23. The van der Waals surface area contributed by atoms with Gasteiger partial charge in [-0.2, -0.15) is 0 Å². The zero-order valence-electron chi connectivity index (χ0n) is 11.2. The van der Waals surface area contributed by atoms with Gasteiger partial charge in [0, 0.05) is 30.0 Å². The Labute approximate surface area is 118 Å². The van der Waals surface area contributed by atoms with E-state index in [1.54, 1.807) is 6.07 Å².